The average Bonchev–Trinajstić information content (AvgIpc) is 3.04. The van der Waals surface area contributed by atoms with E-state index < -0.39 is 21.5 Å². The number of fused-ring (bicyclic) bond motifs is 1. The van der Waals surface area contributed by atoms with E-state index in [4.69, 9.17) is 11.6 Å². The van der Waals surface area contributed by atoms with Crippen LogP contribution in [0.3, 0.4) is 0 Å². The second kappa shape index (κ2) is 10.1. The van der Waals surface area contributed by atoms with Gasteiger partial charge in [-0.15, -0.1) is 12.4 Å². The summed E-state index contributed by atoms with van der Waals surface area (Å²) in [6, 6.07) is 11.7. The van der Waals surface area contributed by atoms with Crippen LogP contribution in [0.2, 0.25) is 5.02 Å². The molecule has 0 unspecified atom stereocenters. The predicted molar refractivity (Wildman–Crippen MR) is 126 cm³/mol. The number of rotatable bonds is 7. The summed E-state index contributed by atoms with van der Waals surface area (Å²) in [6.45, 7) is 2.93. The molecule has 0 saturated carbocycles. The smallest absolute Gasteiger partial charge is 0.244 e. The van der Waals surface area contributed by atoms with Gasteiger partial charge in [-0.25, -0.2) is 13.4 Å². The number of hydrogen-bond donors (Lipinski definition) is 0. The fraction of sp³-hybridized carbons (Fsp3) is 0.300. The quantitative estimate of drug-likeness (QED) is 0.502. The Morgan fingerprint density at radius 2 is 1.77 bits per heavy atom. The highest BCUT2D eigenvalue weighted by molar-refractivity contribution is 7.92. The molecule has 30 heavy (non-hydrogen) atoms. The number of amides is 1. The van der Waals surface area contributed by atoms with E-state index in [1.165, 1.54) is 40.5 Å². The van der Waals surface area contributed by atoms with Gasteiger partial charge in [-0.1, -0.05) is 29.0 Å². The first kappa shape index (κ1) is 24.6. The molecule has 1 heterocycles. The third-order valence-electron chi connectivity index (χ3n) is 4.32. The SMILES string of the molecule is Cc1ccc2nc(N(CCN(C)C)C(=O)CS(=O)(=O)c3ccc(Cl)cc3)sc2c1.Cl. The van der Waals surface area contributed by atoms with Crippen LogP contribution in [0.5, 0.6) is 0 Å². The Balaban J connectivity index is 0.00000320. The molecule has 0 radical (unpaired) electrons. The summed E-state index contributed by atoms with van der Waals surface area (Å²) in [5.41, 5.74) is 1.89. The van der Waals surface area contributed by atoms with Crippen molar-refractivity contribution in [2.24, 2.45) is 0 Å². The molecule has 0 N–H and O–H groups in total. The number of carbonyl (C=O) groups is 1. The van der Waals surface area contributed by atoms with Crippen molar-refractivity contribution in [2.75, 3.05) is 37.8 Å². The van der Waals surface area contributed by atoms with Gasteiger partial charge in [0.2, 0.25) is 5.91 Å². The summed E-state index contributed by atoms with van der Waals surface area (Å²) in [5.74, 6) is -1.13. The second-order valence-electron chi connectivity index (χ2n) is 7.03. The van der Waals surface area contributed by atoms with E-state index >= 15 is 0 Å². The average molecular weight is 488 g/mol. The highest BCUT2D eigenvalue weighted by atomic mass is 35.5. The lowest BCUT2D eigenvalue weighted by Gasteiger charge is -2.22. The summed E-state index contributed by atoms with van der Waals surface area (Å²) >= 11 is 7.22. The molecular formula is C20H23Cl2N3O3S2. The van der Waals surface area contributed by atoms with Crippen molar-refractivity contribution in [3.8, 4) is 0 Å². The van der Waals surface area contributed by atoms with E-state index in [1.54, 1.807) is 0 Å². The maximum Gasteiger partial charge on any atom is 0.244 e. The number of anilines is 1. The standard InChI is InChI=1S/C20H22ClN3O3S2.ClH/c1-14-4-9-17-18(12-14)28-20(22-17)24(11-10-23(2)3)19(25)13-29(26,27)16-7-5-15(21)6-8-16;/h4-9,12H,10-11,13H2,1-3H3;1H. The number of carbonyl (C=O) groups excluding carboxylic acids is 1. The van der Waals surface area contributed by atoms with Crippen LogP contribution in [-0.4, -0.2) is 57.1 Å². The second-order valence-corrected chi connectivity index (χ2v) is 10.5. The molecule has 1 aromatic heterocycles. The van der Waals surface area contributed by atoms with E-state index in [0.29, 0.717) is 23.2 Å². The van der Waals surface area contributed by atoms with Crippen LogP contribution in [0.1, 0.15) is 5.56 Å². The van der Waals surface area contributed by atoms with Crippen molar-refractivity contribution in [3.63, 3.8) is 0 Å². The number of halogens is 2. The van der Waals surface area contributed by atoms with E-state index in [9.17, 15) is 13.2 Å². The molecule has 0 saturated heterocycles. The van der Waals surface area contributed by atoms with Crippen LogP contribution in [0.4, 0.5) is 5.13 Å². The lowest BCUT2D eigenvalue weighted by atomic mass is 10.2. The van der Waals surface area contributed by atoms with Crippen molar-refractivity contribution >= 4 is 66.4 Å². The first-order valence-corrected chi connectivity index (χ1v) is 11.8. The van der Waals surface area contributed by atoms with Crippen LogP contribution in [-0.2, 0) is 14.6 Å². The van der Waals surface area contributed by atoms with Crippen molar-refractivity contribution in [1.82, 2.24) is 9.88 Å². The van der Waals surface area contributed by atoms with Gasteiger partial charge < -0.3 is 4.90 Å². The Morgan fingerprint density at radius 1 is 1.10 bits per heavy atom. The van der Waals surface area contributed by atoms with Crippen molar-refractivity contribution in [3.05, 3.63) is 53.1 Å². The van der Waals surface area contributed by atoms with Crippen molar-refractivity contribution < 1.29 is 13.2 Å². The van der Waals surface area contributed by atoms with Gasteiger partial charge in [0.1, 0.15) is 5.75 Å². The lowest BCUT2D eigenvalue weighted by Crippen LogP contribution is -2.40. The van der Waals surface area contributed by atoms with E-state index in [0.717, 1.165) is 15.8 Å². The number of thiazole rings is 1. The molecule has 2 aromatic carbocycles. The number of likely N-dealkylation sites (N-methyl/N-ethyl adjacent to an activating group) is 1. The zero-order valence-corrected chi connectivity index (χ0v) is 20.0. The number of benzene rings is 2. The van der Waals surface area contributed by atoms with Gasteiger partial charge in [0, 0.05) is 18.1 Å². The molecule has 0 aliphatic carbocycles. The van der Waals surface area contributed by atoms with Gasteiger partial charge in [0.15, 0.2) is 15.0 Å². The van der Waals surface area contributed by atoms with Gasteiger partial charge in [-0.05, 0) is 63.0 Å². The van der Waals surface area contributed by atoms with Crippen molar-refractivity contribution in [1.29, 1.82) is 0 Å². The molecule has 1 amide bonds. The van der Waals surface area contributed by atoms with E-state index in [-0.39, 0.29) is 17.3 Å². The number of aromatic nitrogens is 1. The summed E-state index contributed by atoms with van der Waals surface area (Å²) in [6.07, 6.45) is 0. The maximum absolute atomic E-state index is 13.0. The Hall–Kier alpha value is -1.71. The van der Waals surface area contributed by atoms with Gasteiger partial charge in [0.25, 0.3) is 0 Å². The molecule has 3 rings (SSSR count). The first-order valence-electron chi connectivity index (χ1n) is 8.96. The van der Waals surface area contributed by atoms with Gasteiger partial charge in [0.05, 0.1) is 15.1 Å². The van der Waals surface area contributed by atoms with Crippen LogP contribution < -0.4 is 4.90 Å². The number of nitrogens with zero attached hydrogens (tertiary/aromatic N) is 3. The molecular weight excluding hydrogens is 465 g/mol. The van der Waals surface area contributed by atoms with Gasteiger partial charge >= 0.3 is 0 Å². The molecule has 0 aliphatic heterocycles. The molecule has 0 atom stereocenters. The zero-order valence-electron chi connectivity index (χ0n) is 16.8. The van der Waals surface area contributed by atoms with Crippen LogP contribution in [0.15, 0.2) is 47.4 Å². The van der Waals surface area contributed by atoms with E-state index in [1.807, 2.05) is 44.1 Å². The molecule has 3 aromatic rings. The third-order valence-corrected chi connectivity index (χ3v) is 7.23. The number of hydrogen-bond acceptors (Lipinski definition) is 6. The van der Waals surface area contributed by atoms with Crippen LogP contribution >= 0.6 is 35.3 Å². The fourth-order valence-electron chi connectivity index (χ4n) is 2.73. The normalized spacial score (nSPS) is 11.5. The minimum absolute atomic E-state index is 0. The van der Waals surface area contributed by atoms with E-state index in [2.05, 4.69) is 4.98 Å². The van der Waals surface area contributed by atoms with Gasteiger partial charge in [-0.3, -0.25) is 9.69 Å². The number of sulfone groups is 1. The highest BCUT2D eigenvalue weighted by Crippen LogP contribution is 2.30. The van der Waals surface area contributed by atoms with Crippen LogP contribution in [0, 0.1) is 6.92 Å². The third kappa shape index (κ3) is 5.92. The van der Waals surface area contributed by atoms with Crippen LogP contribution in [0.25, 0.3) is 10.2 Å². The Morgan fingerprint density at radius 3 is 2.40 bits per heavy atom. The first-order chi connectivity index (χ1) is 13.7. The Kier molecular flexibility index (Phi) is 8.24. The molecule has 162 valence electrons. The van der Waals surface area contributed by atoms with Gasteiger partial charge in [-0.2, -0.15) is 0 Å². The Bertz CT molecular complexity index is 1130. The summed E-state index contributed by atoms with van der Waals surface area (Å²) in [4.78, 5) is 21.1. The predicted octanol–water partition coefficient (Wildman–Crippen LogP) is 4.05. The summed E-state index contributed by atoms with van der Waals surface area (Å²) in [7, 11) is 0.00404. The molecule has 0 fully saturated rings. The number of aryl methyl sites for hydroxylation is 1. The molecule has 0 bridgehead atoms. The Labute approximate surface area is 191 Å². The molecule has 0 aliphatic rings. The topological polar surface area (TPSA) is 70.6 Å². The summed E-state index contributed by atoms with van der Waals surface area (Å²) < 4.78 is 26.4. The molecule has 6 nitrogen and oxygen atoms in total. The summed E-state index contributed by atoms with van der Waals surface area (Å²) in [5, 5.41) is 0.941. The van der Waals surface area contributed by atoms with Crippen molar-refractivity contribution in [2.45, 2.75) is 11.8 Å². The maximum atomic E-state index is 13.0. The lowest BCUT2D eigenvalue weighted by molar-refractivity contribution is -0.116. The largest absolute Gasteiger partial charge is 0.308 e. The minimum Gasteiger partial charge on any atom is -0.308 e. The minimum atomic E-state index is -3.79. The zero-order chi connectivity index (χ0) is 21.2. The monoisotopic (exact) mass is 487 g/mol. The highest BCUT2D eigenvalue weighted by Gasteiger charge is 2.26. The fourth-order valence-corrected chi connectivity index (χ4v) is 5.16. The molecule has 10 heteroatoms. The molecule has 0 spiro atoms.